The van der Waals surface area contributed by atoms with Crippen LogP contribution in [-0.4, -0.2) is 10.9 Å². The van der Waals surface area contributed by atoms with Crippen molar-refractivity contribution in [2.24, 2.45) is 0 Å². The van der Waals surface area contributed by atoms with Crippen molar-refractivity contribution in [1.82, 2.24) is 4.98 Å². The maximum absolute atomic E-state index is 12.0. The van der Waals surface area contributed by atoms with Gasteiger partial charge in [0.25, 0.3) is 0 Å². The highest BCUT2D eigenvalue weighted by Gasteiger charge is 2.06. The lowest BCUT2D eigenvalue weighted by Crippen LogP contribution is -2.07. The van der Waals surface area contributed by atoms with Crippen molar-refractivity contribution in [3.63, 3.8) is 0 Å². The quantitative estimate of drug-likeness (QED) is 0.395. The summed E-state index contributed by atoms with van der Waals surface area (Å²) in [6.07, 6.45) is 3.14. The van der Waals surface area contributed by atoms with Crippen molar-refractivity contribution in [2.45, 2.75) is 0 Å². The van der Waals surface area contributed by atoms with Crippen LogP contribution in [0.4, 0.5) is 5.13 Å². The summed E-state index contributed by atoms with van der Waals surface area (Å²) in [5.41, 5.74) is 2.67. The van der Waals surface area contributed by atoms with Gasteiger partial charge < -0.3 is 0 Å². The highest BCUT2D eigenvalue weighted by atomic mass is 127. The molecule has 0 fully saturated rings. The van der Waals surface area contributed by atoms with Gasteiger partial charge in [-0.1, -0.05) is 41.9 Å². The van der Waals surface area contributed by atoms with E-state index in [0.717, 1.165) is 16.8 Å². The van der Waals surface area contributed by atoms with Crippen LogP contribution in [0.1, 0.15) is 5.56 Å². The molecule has 0 spiro atoms. The van der Waals surface area contributed by atoms with E-state index in [0.29, 0.717) is 10.2 Å². The topological polar surface area (TPSA) is 42.0 Å². The zero-order valence-corrected chi connectivity index (χ0v) is 16.1. The van der Waals surface area contributed by atoms with Gasteiger partial charge in [-0.2, -0.15) is 0 Å². The summed E-state index contributed by atoms with van der Waals surface area (Å²) in [4.78, 5) is 16.5. The van der Waals surface area contributed by atoms with E-state index in [1.54, 1.807) is 12.1 Å². The Kier molecular flexibility index (Phi) is 5.65. The maximum Gasteiger partial charge on any atom is 0.250 e. The first-order valence-electron chi connectivity index (χ1n) is 7.07. The number of aromatic nitrogens is 1. The van der Waals surface area contributed by atoms with E-state index in [-0.39, 0.29) is 5.91 Å². The molecule has 0 unspecified atom stereocenters. The van der Waals surface area contributed by atoms with Gasteiger partial charge in [0.15, 0.2) is 5.13 Å². The Morgan fingerprint density at radius 2 is 1.92 bits per heavy atom. The largest absolute Gasteiger partial charge is 0.298 e. The number of anilines is 1. The molecule has 0 bridgehead atoms. The number of amides is 1. The summed E-state index contributed by atoms with van der Waals surface area (Å²) in [5.74, 6) is -0.238. The Labute approximate surface area is 162 Å². The van der Waals surface area contributed by atoms with Crippen molar-refractivity contribution in [1.29, 1.82) is 0 Å². The number of carbonyl (C=O) groups excluding carboxylic acids is 1. The fourth-order valence-electron chi connectivity index (χ4n) is 2.01. The van der Waals surface area contributed by atoms with Gasteiger partial charge in [0, 0.05) is 25.6 Å². The Bertz CT molecular complexity index is 890. The first kappa shape index (κ1) is 17.1. The van der Waals surface area contributed by atoms with Gasteiger partial charge in [0.1, 0.15) is 0 Å². The van der Waals surface area contributed by atoms with Gasteiger partial charge in [0.2, 0.25) is 5.91 Å². The highest BCUT2D eigenvalue weighted by molar-refractivity contribution is 14.1. The van der Waals surface area contributed by atoms with Crippen LogP contribution in [0.5, 0.6) is 0 Å². The molecule has 0 radical (unpaired) electrons. The van der Waals surface area contributed by atoms with E-state index < -0.39 is 0 Å². The lowest BCUT2D eigenvalue weighted by atomic mass is 10.2. The standard InChI is InChI=1S/C18H12ClIN2OS/c19-15-4-2-1-3-12(15)7-10-17(23)22-18-21-16(11-24-18)13-5-8-14(20)9-6-13/h1-11H,(H,21,22,23). The zero-order chi connectivity index (χ0) is 16.9. The first-order chi connectivity index (χ1) is 11.6. The van der Waals surface area contributed by atoms with Crippen LogP contribution >= 0.6 is 45.5 Å². The summed E-state index contributed by atoms with van der Waals surface area (Å²) in [7, 11) is 0. The number of nitrogens with zero attached hydrogens (tertiary/aromatic N) is 1. The molecule has 0 saturated carbocycles. The number of rotatable bonds is 4. The Balaban J connectivity index is 1.67. The fraction of sp³-hybridized carbons (Fsp3) is 0. The van der Waals surface area contributed by atoms with E-state index in [1.165, 1.54) is 21.0 Å². The lowest BCUT2D eigenvalue weighted by Gasteiger charge is -1.98. The van der Waals surface area contributed by atoms with Crippen LogP contribution < -0.4 is 5.32 Å². The third-order valence-corrected chi connectivity index (χ3v) is 5.01. The molecule has 120 valence electrons. The first-order valence-corrected chi connectivity index (χ1v) is 9.40. The molecule has 0 saturated heterocycles. The minimum absolute atomic E-state index is 0.238. The molecule has 1 amide bonds. The predicted octanol–water partition coefficient (Wildman–Crippen LogP) is 5.72. The van der Waals surface area contributed by atoms with Crippen molar-refractivity contribution >= 4 is 62.6 Å². The number of nitrogens with one attached hydrogen (secondary N) is 1. The van der Waals surface area contributed by atoms with E-state index in [1.807, 2.05) is 47.8 Å². The van der Waals surface area contributed by atoms with Crippen molar-refractivity contribution in [3.05, 3.63) is 74.1 Å². The van der Waals surface area contributed by atoms with Gasteiger partial charge in [-0.05, 0) is 52.4 Å². The Hall–Kier alpha value is -1.70. The molecule has 1 heterocycles. The molecule has 6 heteroatoms. The molecule has 0 aliphatic carbocycles. The number of benzene rings is 2. The molecular weight excluding hydrogens is 455 g/mol. The molecule has 24 heavy (non-hydrogen) atoms. The van der Waals surface area contributed by atoms with E-state index in [4.69, 9.17) is 11.6 Å². The molecule has 3 nitrogen and oxygen atoms in total. The maximum atomic E-state index is 12.0. The average Bonchev–Trinajstić information content (AvgIpc) is 3.03. The monoisotopic (exact) mass is 466 g/mol. The summed E-state index contributed by atoms with van der Waals surface area (Å²) in [5, 5.41) is 5.87. The van der Waals surface area contributed by atoms with Gasteiger partial charge in [-0.3, -0.25) is 10.1 Å². The number of halogens is 2. The molecular formula is C18H12ClIN2OS. The third-order valence-electron chi connectivity index (χ3n) is 3.19. The average molecular weight is 467 g/mol. The molecule has 2 aromatic carbocycles. The molecule has 1 N–H and O–H groups in total. The van der Waals surface area contributed by atoms with Crippen LogP contribution in [0.15, 0.2) is 60.0 Å². The van der Waals surface area contributed by atoms with Gasteiger partial charge in [-0.15, -0.1) is 11.3 Å². The smallest absolute Gasteiger partial charge is 0.250 e. The fourth-order valence-corrected chi connectivity index (χ4v) is 3.29. The number of thiazole rings is 1. The number of carbonyl (C=O) groups is 1. The van der Waals surface area contributed by atoms with Crippen LogP contribution in [0.25, 0.3) is 17.3 Å². The predicted molar refractivity (Wildman–Crippen MR) is 109 cm³/mol. The van der Waals surface area contributed by atoms with E-state index >= 15 is 0 Å². The van der Waals surface area contributed by atoms with Gasteiger partial charge >= 0.3 is 0 Å². The van der Waals surface area contributed by atoms with Crippen molar-refractivity contribution in [2.75, 3.05) is 5.32 Å². The molecule has 0 aliphatic heterocycles. The van der Waals surface area contributed by atoms with Crippen molar-refractivity contribution in [3.8, 4) is 11.3 Å². The van der Waals surface area contributed by atoms with Crippen molar-refractivity contribution < 1.29 is 4.79 Å². The van der Waals surface area contributed by atoms with Gasteiger partial charge in [0.05, 0.1) is 5.69 Å². The molecule has 1 aromatic heterocycles. The summed E-state index contributed by atoms with van der Waals surface area (Å²) >= 11 is 9.71. The third kappa shape index (κ3) is 4.43. The summed E-state index contributed by atoms with van der Waals surface area (Å²) in [6.45, 7) is 0. The van der Waals surface area contributed by atoms with E-state index in [2.05, 4.69) is 32.9 Å². The minimum atomic E-state index is -0.238. The second-order valence-corrected chi connectivity index (χ2v) is 7.40. The number of hydrogen-bond acceptors (Lipinski definition) is 3. The Morgan fingerprint density at radius 3 is 2.67 bits per heavy atom. The second-order valence-electron chi connectivity index (χ2n) is 4.89. The Morgan fingerprint density at radius 1 is 1.17 bits per heavy atom. The minimum Gasteiger partial charge on any atom is -0.298 e. The highest BCUT2D eigenvalue weighted by Crippen LogP contribution is 2.25. The van der Waals surface area contributed by atoms with Crippen LogP contribution in [-0.2, 0) is 4.79 Å². The molecule has 3 rings (SSSR count). The van der Waals surface area contributed by atoms with Crippen LogP contribution in [0.2, 0.25) is 5.02 Å². The molecule has 0 aliphatic rings. The van der Waals surface area contributed by atoms with Gasteiger partial charge in [-0.25, -0.2) is 4.98 Å². The normalized spacial score (nSPS) is 10.9. The molecule has 3 aromatic rings. The SMILES string of the molecule is O=C(C=Cc1ccccc1Cl)Nc1nc(-c2ccc(I)cc2)cs1. The van der Waals surface area contributed by atoms with Crippen LogP contribution in [0.3, 0.4) is 0 Å². The number of hydrogen-bond donors (Lipinski definition) is 1. The molecule has 0 atom stereocenters. The van der Waals surface area contributed by atoms with E-state index in [9.17, 15) is 4.79 Å². The summed E-state index contributed by atoms with van der Waals surface area (Å²) in [6, 6.07) is 15.4. The summed E-state index contributed by atoms with van der Waals surface area (Å²) < 4.78 is 1.17. The second kappa shape index (κ2) is 7.92. The zero-order valence-electron chi connectivity index (χ0n) is 12.4. The lowest BCUT2D eigenvalue weighted by molar-refractivity contribution is -0.111. The van der Waals surface area contributed by atoms with Crippen LogP contribution in [0, 0.1) is 3.57 Å².